The molecule has 1 aliphatic heterocycles. The average Bonchev–Trinajstić information content (AvgIpc) is 2.66. The van der Waals surface area contributed by atoms with Gasteiger partial charge < -0.3 is 14.7 Å². The predicted molar refractivity (Wildman–Crippen MR) is 107 cm³/mol. The molecular formula is C20H24Cl2N3O+. The molecule has 2 aromatic rings. The van der Waals surface area contributed by atoms with E-state index in [1.54, 1.807) is 11.0 Å². The van der Waals surface area contributed by atoms with Gasteiger partial charge in [-0.15, -0.1) is 0 Å². The molecule has 1 amide bonds. The number of hydrogen-bond donors (Lipinski definition) is 1. The predicted octanol–water partition coefficient (Wildman–Crippen LogP) is 2.36. The molecule has 0 radical (unpaired) electrons. The van der Waals surface area contributed by atoms with E-state index in [0.29, 0.717) is 23.1 Å². The molecule has 0 bridgehead atoms. The van der Waals surface area contributed by atoms with E-state index in [-0.39, 0.29) is 5.91 Å². The van der Waals surface area contributed by atoms with Crippen LogP contribution < -0.4 is 9.80 Å². The van der Waals surface area contributed by atoms with Gasteiger partial charge in [0.1, 0.15) is 0 Å². The number of amides is 1. The van der Waals surface area contributed by atoms with Crippen LogP contribution in [0.3, 0.4) is 0 Å². The molecule has 3 rings (SSSR count). The second-order valence-corrected chi connectivity index (χ2v) is 7.56. The zero-order valence-electron chi connectivity index (χ0n) is 14.9. The van der Waals surface area contributed by atoms with Crippen molar-refractivity contribution in [2.75, 3.05) is 44.7 Å². The van der Waals surface area contributed by atoms with Crippen LogP contribution in [0, 0.1) is 0 Å². The summed E-state index contributed by atoms with van der Waals surface area (Å²) in [5, 5.41) is 1.05. The van der Waals surface area contributed by atoms with Crippen molar-refractivity contribution in [1.82, 2.24) is 4.90 Å². The summed E-state index contributed by atoms with van der Waals surface area (Å²) >= 11 is 12.0. The molecule has 0 spiro atoms. The Kier molecular flexibility index (Phi) is 6.41. The van der Waals surface area contributed by atoms with Crippen molar-refractivity contribution in [3.05, 3.63) is 64.1 Å². The van der Waals surface area contributed by atoms with E-state index in [9.17, 15) is 4.79 Å². The number of halogens is 2. The van der Waals surface area contributed by atoms with E-state index in [1.807, 2.05) is 25.2 Å². The van der Waals surface area contributed by atoms with Crippen molar-refractivity contribution in [2.24, 2.45) is 0 Å². The second kappa shape index (κ2) is 8.76. The van der Waals surface area contributed by atoms with Gasteiger partial charge >= 0.3 is 0 Å². The van der Waals surface area contributed by atoms with E-state index in [4.69, 9.17) is 23.2 Å². The van der Waals surface area contributed by atoms with Crippen molar-refractivity contribution < 1.29 is 9.69 Å². The fourth-order valence-electron chi connectivity index (χ4n) is 3.25. The van der Waals surface area contributed by atoms with Crippen LogP contribution in [0.1, 0.15) is 5.56 Å². The van der Waals surface area contributed by atoms with Crippen LogP contribution in [0.15, 0.2) is 48.5 Å². The Bertz CT molecular complexity index is 746. The van der Waals surface area contributed by atoms with Crippen LogP contribution in [-0.4, -0.2) is 50.6 Å². The smallest absolute Gasteiger partial charge is 0.277 e. The summed E-state index contributed by atoms with van der Waals surface area (Å²) in [6.07, 6.45) is 0. The Morgan fingerprint density at radius 2 is 1.77 bits per heavy atom. The molecule has 0 aromatic heterocycles. The van der Waals surface area contributed by atoms with Crippen LogP contribution in [0.4, 0.5) is 5.69 Å². The first-order valence-corrected chi connectivity index (χ1v) is 9.60. The minimum atomic E-state index is 0.152. The van der Waals surface area contributed by atoms with Gasteiger partial charge in [0.25, 0.3) is 5.91 Å². The summed E-state index contributed by atoms with van der Waals surface area (Å²) in [6.45, 7) is 4.97. The summed E-state index contributed by atoms with van der Waals surface area (Å²) < 4.78 is 0. The first kappa shape index (κ1) is 19.0. The lowest BCUT2D eigenvalue weighted by atomic mass is 10.2. The highest BCUT2D eigenvalue weighted by Gasteiger charge is 2.23. The molecular weight excluding hydrogens is 369 g/mol. The third-order valence-corrected chi connectivity index (χ3v) is 5.56. The standard InChI is InChI=1S/C20H23Cl2N3O/c1-23(14-16-7-8-18(21)19(22)13-16)20(26)15-24-9-11-25(12-10-24)17-5-3-2-4-6-17/h2-8,13H,9-12,14-15H2,1H3/p+1. The number of likely N-dealkylation sites (N-methyl/N-ethyl adjacent to an activating group) is 1. The molecule has 0 atom stereocenters. The number of anilines is 1. The van der Waals surface area contributed by atoms with E-state index in [2.05, 4.69) is 29.2 Å². The molecule has 6 heteroatoms. The molecule has 0 unspecified atom stereocenters. The molecule has 26 heavy (non-hydrogen) atoms. The number of nitrogens with zero attached hydrogens (tertiary/aromatic N) is 2. The van der Waals surface area contributed by atoms with Crippen LogP contribution in [0.2, 0.25) is 10.0 Å². The molecule has 0 saturated carbocycles. The first-order chi connectivity index (χ1) is 12.5. The second-order valence-electron chi connectivity index (χ2n) is 6.75. The van der Waals surface area contributed by atoms with Crippen LogP contribution in [0.5, 0.6) is 0 Å². The number of carbonyl (C=O) groups excluding carboxylic acids is 1. The molecule has 1 saturated heterocycles. The summed E-state index contributed by atoms with van der Waals surface area (Å²) in [4.78, 5) is 18.0. The van der Waals surface area contributed by atoms with Crippen molar-refractivity contribution >= 4 is 34.8 Å². The molecule has 1 N–H and O–H groups in total. The van der Waals surface area contributed by atoms with Gasteiger partial charge in [-0.25, -0.2) is 0 Å². The maximum Gasteiger partial charge on any atom is 0.277 e. The van der Waals surface area contributed by atoms with E-state index >= 15 is 0 Å². The zero-order valence-corrected chi connectivity index (χ0v) is 16.4. The minimum absolute atomic E-state index is 0.152. The third-order valence-electron chi connectivity index (χ3n) is 4.82. The molecule has 1 heterocycles. The summed E-state index contributed by atoms with van der Waals surface area (Å²) in [6, 6.07) is 15.9. The van der Waals surface area contributed by atoms with Gasteiger partial charge in [-0.05, 0) is 29.8 Å². The van der Waals surface area contributed by atoms with E-state index < -0.39 is 0 Å². The minimum Gasteiger partial charge on any atom is -0.360 e. The maximum atomic E-state index is 12.6. The topological polar surface area (TPSA) is 28.0 Å². The summed E-state index contributed by atoms with van der Waals surface area (Å²) in [7, 11) is 1.84. The van der Waals surface area contributed by atoms with Gasteiger partial charge in [0.15, 0.2) is 6.54 Å². The van der Waals surface area contributed by atoms with Gasteiger partial charge in [-0.2, -0.15) is 0 Å². The molecule has 1 aliphatic rings. The Morgan fingerprint density at radius 3 is 2.42 bits per heavy atom. The van der Waals surface area contributed by atoms with Crippen LogP contribution >= 0.6 is 23.2 Å². The maximum absolute atomic E-state index is 12.6. The summed E-state index contributed by atoms with van der Waals surface area (Å²) in [5.74, 6) is 0.152. The lowest BCUT2D eigenvalue weighted by molar-refractivity contribution is -0.892. The lowest BCUT2D eigenvalue weighted by Gasteiger charge is -2.34. The van der Waals surface area contributed by atoms with Gasteiger partial charge in [0, 0.05) is 19.3 Å². The number of piperazine rings is 1. The van der Waals surface area contributed by atoms with E-state index in [1.165, 1.54) is 10.6 Å². The van der Waals surface area contributed by atoms with Crippen LogP contribution in [-0.2, 0) is 11.3 Å². The van der Waals surface area contributed by atoms with Gasteiger partial charge in [0.05, 0.1) is 36.2 Å². The third kappa shape index (κ3) is 4.91. The van der Waals surface area contributed by atoms with Crippen molar-refractivity contribution in [1.29, 1.82) is 0 Å². The van der Waals surface area contributed by atoms with Crippen molar-refractivity contribution in [3.8, 4) is 0 Å². The number of rotatable bonds is 5. The largest absolute Gasteiger partial charge is 0.360 e. The molecule has 4 nitrogen and oxygen atoms in total. The normalized spacial score (nSPS) is 15.1. The Labute approximate surface area is 164 Å². The highest BCUT2D eigenvalue weighted by atomic mass is 35.5. The molecule has 1 fully saturated rings. The Morgan fingerprint density at radius 1 is 1.08 bits per heavy atom. The van der Waals surface area contributed by atoms with Crippen molar-refractivity contribution in [3.63, 3.8) is 0 Å². The van der Waals surface area contributed by atoms with Gasteiger partial charge in [-0.3, -0.25) is 4.79 Å². The van der Waals surface area contributed by atoms with Crippen LogP contribution in [0.25, 0.3) is 0 Å². The number of carbonyl (C=O) groups is 1. The van der Waals surface area contributed by atoms with E-state index in [0.717, 1.165) is 31.7 Å². The highest BCUT2D eigenvalue weighted by molar-refractivity contribution is 6.42. The zero-order chi connectivity index (χ0) is 18.5. The number of hydrogen-bond acceptors (Lipinski definition) is 2. The molecule has 0 aliphatic carbocycles. The fourth-order valence-corrected chi connectivity index (χ4v) is 3.57. The van der Waals surface area contributed by atoms with Crippen molar-refractivity contribution in [2.45, 2.75) is 6.54 Å². The lowest BCUT2D eigenvalue weighted by Crippen LogP contribution is -3.15. The Balaban J connectivity index is 1.48. The summed E-state index contributed by atoms with van der Waals surface area (Å²) in [5.41, 5.74) is 2.24. The average molecular weight is 393 g/mol. The monoisotopic (exact) mass is 392 g/mol. The Hall–Kier alpha value is -1.75. The molecule has 138 valence electrons. The van der Waals surface area contributed by atoms with Gasteiger partial charge in [0.2, 0.25) is 0 Å². The number of para-hydroxylation sites is 1. The number of nitrogens with one attached hydrogen (secondary N) is 1. The molecule has 2 aromatic carbocycles. The first-order valence-electron chi connectivity index (χ1n) is 8.84. The highest BCUT2D eigenvalue weighted by Crippen LogP contribution is 2.23. The van der Waals surface area contributed by atoms with Gasteiger partial charge in [-0.1, -0.05) is 47.5 Å². The quantitative estimate of drug-likeness (QED) is 0.845. The SMILES string of the molecule is CN(Cc1ccc(Cl)c(Cl)c1)C(=O)C[NH+]1CCN(c2ccccc2)CC1. The number of benzene rings is 2. The number of quaternary nitrogens is 1. The fraction of sp³-hybridized carbons (Fsp3) is 0.350.